The van der Waals surface area contributed by atoms with Gasteiger partial charge in [0.05, 0.1) is 11.0 Å². The molecule has 1 rings (SSSR count). The number of benzene rings is 1. The Kier molecular flexibility index (Phi) is 8.42. The predicted octanol–water partition coefficient (Wildman–Crippen LogP) is 1.77. The van der Waals surface area contributed by atoms with Gasteiger partial charge in [0.25, 0.3) is 10.1 Å². The van der Waals surface area contributed by atoms with Crippen molar-refractivity contribution in [1.82, 2.24) is 0 Å². The maximum absolute atomic E-state index is 10.5. The topological polar surface area (TPSA) is 78.2 Å². The van der Waals surface area contributed by atoms with Crippen LogP contribution >= 0.6 is 0 Å². The Hall–Kier alpha value is -0.718. The van der Waals surface area contributed by atoms with E-state index in [1.54, 1.807) is 18.2 Å². The summed E-state index contributed by atoms with van der Waals surface area (Å²) >= 11 is 0. The molecule has 0 fully saturated rings. The van der Waals surface area contributed by atoms with E-state index < -0.39 is 10.1 Å². The summed E-state index contributed by atoms with van der Waals surface area (Å²) in [6, 6.07) is 7.74. The number of hydrogen-bond donors (Lipinski definition) is 1. The van der Waals surface area contributed by atoms with Crippen molar-refractivity contribution in [3.8, 4) is 6.07 Å². The van der Waals surface area contributed by atoms with Crippen molar-refractivity contribution < 1.29 is 33.4 Å². The fourth-order valence-electron chi connectivity index (χ4n) is 0.710. The molecule has 0 bridgehead atoms. The average molecular weight is 320 g/mol. The smallest absolute Gasteiger partial charge is 0.282 e. The van der Waals surface area contributed by atoms with E-state index in [2.05, 4.69) is 0 Å². The van der Waals surface area contributed by atoms with Gasteiger partial charge in [-0.2, -0.15) is 13.7 Å². The van der Waals surface area contributed by atoms with Crippen molar-refractivity contribution in [1.29, 1.82) is 5.26 Å². The summed E-state index contributed by atoms with van der Waals surface area (Å²) in [6.07, 6.45) is 0. The summed E-state index contributed by atoms with van der Waals surface area (Å²) in [4.78, 5) is -0.0666. The summed E-state index contributed by atoms with van der Waals surface area (Å²) in [5.74, 6) is 0. The Labute approximate surface area is 103 Å². The van der Waals surface area contributed by atoms with E-state index in [1.165, 1.54) is 19.1 Å². The van der Waals surface area contributed by atoms with E-state index in [1.807, 2.05) is 6.92 Å². The first-order valence-electron chi connectivity index (χ1n) is 3.77. The third kappa shape index (κ3) is 7.24. The SMILES string of the molecule is CC#N.Cc1ccc(S(=O)(=O)O)cc1.[Pd]. The van der Waals surface area contributed by atoms with Crippen molar-refractivity contribution in [2.24, 2.45) is 0 Å². The van der Waals surface area contributed by atoms with Crippen LogP contribution < -0.4 is 0 Å². The van der Waals surface area contributed by atoms with Gasteiger partial charge in [-0.15, -0.1) is 0 Å². The fraction of sp³-hybridized carbons (Fsp3) is 0.222. The van der Waals surface area contributed by atoms with Crippen LogP contribution in [-0.2, 0) is 30.5 Å². The van der Waals surface area contributed by atoms with Crippen LogP contribution in [-0.4, -0.2) is 13.0 Å². The van der Waals surface area contributed by atoms with Gasteiger partial charge in [0, 0.05) is 27.3 Å². The van der Waals surface area contributed by atoms with Crippen LogP contribution in [0.5, 0.6) is 0 Å². The van der Waals surface area contributed by atoms with E-state index in [9.17, 15) is 8.42 Å². The Morgan fingerprint density at radius 1 is 1.27 bits per heavy atom. The number of nitriles is 1. The van der Waals surface area contributed by atoms with Gasteiger partial charge in [0.2, 0.25) is 0 Å². The predicted molar refractivity (Wildman–Crippen MR) is 52.3 cm³/mol. The van der Waals surface area contributed by atoms with Crippen molar-refractivity contribution in [2.45, 2.75) is 18.7 Å². The van der Waals surface area contributed by atoms with Crippen LogP contribution in [0.15, 0.2) is 29.2 Å². The standard InChI is InChI=1S/C7H8O3S.C2H3N.Pd/c1-6-2-4-7(5-3-6)11(8,9)10;1-2-3;/h2-5H,1H3,(H,8,9,10);1H3;. The van der Waals surface area contributed by atoms with Crippen LogP contribution in [0, 0.1) is 18.3 Å². The molecule has 15 heavy (non-hydrogen) atoms. The summed E-state index contributed by atoms with van der Waals surface area (Å²) in [6.45, 7) is 3.27. The third-order valence-electron chi connectivity index (χ3n) is 1.32. The van der Waals surface area contributed by atoms with Crippen molar-refractivity contribution in [3.05, 3.63) is 29.8 Å². The third-order valence-corrected chi connectivity index (χ3v) is 2.19. The minimum absolute atomic E-state index is 0. The molecule has 4 nitrogen and oxygen atoms in total. The Morgan fingerprint density at radius 3 is 1.87 bits per heavy atom. The second-order valence-electron chi connectivity index (χ2n) is 2.51. The molecule has 86 valence electrons. The Bertz CT molecular complexity index is 420. The molecule has 0 unspecified atom stereocenters. The molecule has 1 aromatic rings. The molecule has 0 saturated heterocycles. The molecule has 0 amide bonds. The van der Waals surface area contributed by atoms with E-state index in [4.69, 9.17) is 9.81 Å². The minimum atomic E-state index is -4.02. The first-order valence-corrected chi connectivity index (χ1v) is 5.21. The number of nitrogens with zero attached hydrogens (tertiary/aromatic N) is 1. The molecule has 0 aromatic heterocycles. The summed E-state index contributed by atoms with van der Waals surface area (Å²) in [5.41, 5.74) is 0.956. The van der Waals surface area contributed by atoms with E-state index in [0.29, 0.717) is 0 Å². The van der Waals surface area contributed by atoms with Crippen LogP contribution in [0.3, 0.4) is 0 Å². The van der Waals surface area contributed by atoms with E-state index >= 15 is 0 Å². The van der Waals surface area contributed by atoms with Gasteiger partial charge in [0.1, 0.15) is 0 Å². The summed E-state index contributed by atoms with van der Waals surface area (Å²) in [7, 11) is -4.02. The quantitative estimate of drug-likeness (QED) is 0.632. The van der Waals surface area contributed by atoms with Crippen molar-refractivity contribution in [3.63, 3.8) is 0 Å². The zero-order chi connectivity index (χ0) is 11.2. The largest absolute Gasteiger partial charge is 0.294 e. The Balaban J connectivity index is 0. The molecule has 0 saturated carbocycles. The molecule has 0 heterocycles. The summed E-state index contributed by atoms with van der Waals surface area (Å²) < 4.78 is 29.6. The first kappa shape index (κ1) is 16.7. The minimum Gasteiger partial charge on any atom is -0.282 e. The number of aryl methyl sites for hydroxylation is 1. The molecular formula is C9H11NO3PdS. The van der Waals surface area contributed by atoms with Crippen LogP contribution in [0.2, 0.25) is 0 Å². The molecule has 0 aliphatic rings. The van der Waals surface area contributed by atoms with Gasteiger partial charge >= 0.3 is 0 Å². The second kappa shape index (κ2) is 7.56. The van der Waals surface area contributed by atoms with Gasteiger partial charge in [0.15, 0.2) is 0 Å². The van der Waals surface area contributed by atoms with Gasteiger partial charge < -0.3 is 0 Å². The van der Waals surface area contributed by atoms with Crippen LogP contribution in [0.1, 0.15) is 12.5 Å². The Morgan fingerprint density at radius 2 is 1.60 bits per heavy atom. The normalized spacial score (nSPS) is 8.93. The molecule has 0 spiro atoms. The molecule has 0 aliphatic carbocycles. The molecule has 1 N–H and O–H groups in total. The number of rotatable bonds is 1. The second-order valence-corrected chi connectivity index (χ2v) is 3.93. The maximum Gasteiger partial charge on any atom is 0.294 e. The van der Waals surface area contributed by atoms with Gasteiger partial charge in [-0.05, 0) is 19.1 Å². The van der Waals surface area contributed by atoms with E-state index in [0.717, 1.165) is 5.56 Å². The van der Waals surface area contributed by atoms with Gasteiger partial charge in [-0.25, -0.2) is 0 Å². The molecule has 0 atom stereocenters. The summed E-state index contributed by atoms with van der Waals surface area (Å²) in [5, 5.41) is 7.32. The van der Waals surface area contributed by atoms with Gasteiger partial charge in [-0.1, -0.05) is 17.7 Å². The molecule has 0 radical (unpaired) electrons. The van der Waals surface area contributed by atoms with E-state index in [-0.39, 0.29) is 25.3 Å². The first-order chi connectivity index (χ1) is 6.41. The molecular weight excluding hydrogens is 309 g/mol. The monoisotopic (exact) mass is 319 g/mol. The van der Waals surface area contributed by atoms with Crippen LogP contribution in [0.25, 0.3) is 0 Å². The van der Waals surface area contributed by atoms with Crippen molar-refractivity contribution in [2.75, 3.05) is 0 Å². The molecule has 1 aromatic carbocycles. The van der Waals surface area contributed by atoms with Crippen molar-refractivity contribution >= 4 is 10.1 Å². The van der Waals surface area contributed by atoms with Crippen LogP contribution in [0.4, 0.5) is 0 Å². The number of hydrogen-bond acceptors (Lipinski definition) is 3. The average Bonchev–Trinajstić information content (AvgIpc) is 2.04. The zero-order valence-electron chi connectivity index (χ0n) is 8.24. The fourth-order valence-corrected chi connectivity index (χ4v) is 1.19. The zero-order valence-corrected chi connectivity index (χ0v) is 10.6. The van der Waals surface area contributed by atoms with Gasteiger partial charge in [-0.3, -0.25) is 4.55 Å². The molecule has 0 aliphatic heterocycles. The molecule has 6 heteroatoms. The maximum atomic E-state index is 10.5.